The van der Waals surface area contributed by atoms with Crippen molar-refractivity contribution in [3.05, 3.63) is 27.1 Å². The van der Waals surface area contributed by atoms with E-state index in [1.165, 1.54) is 11.8 Å². The number of carbonyl (C=O) groups is 2. The predicted molar refractivity (Wildman–Crippen MR) is 85.4 cm³/mol. The molecule has 1 amide bonds. The summed E-state index contributed by atoms with van der Waals surface area (Å²) in [5, 5.41) is 0.107. The fourth-order valence-corrected chi connectivity index (χ4v) is 4.02. The van der Waals surface area contributed by atoms with Gasteiger partial charge in [0.25, 0.3) is 0 Å². The van der Waals surface area contributed by atoms with Gasteiger partial charge in [0, 0.05) is 34.6 Å². The van der Waals surface area contributed by atoms with Crippen LogP contribution >= 0.6 is 43.6 Å². The zero-order chi connectivity index (χ0) is 14.0. The molecule has 1 atom stereocenters. The molecule has 6 heteroatoms. The third-order valence-corrected chi connectivity index (χ3v) is 5.10. The van der Waals surface area contributed by atoms with Crippen LogP contribution in [0.2, 0.25) is 0 Å². The second kappa shape index (κ2) is 6.41. The van der Waals surface area contributed by atoms with E-state index in [-0.39, 0.29) is 16.9 Å². The Morgan fingerprint density at radius 2 is 2.21 bits per heavy atom. The smallest absolute Gasteiger partial charge is 0.227 e. The van der Waals surface area contributed by atoms with Crippen LogP contribution in [0.15, 0.2) is 27.1 Å². The SMILES string of the molecule is CC(=O)SCC1CC(=O)N(c2ccc(Br)cc2Br)C1. The van der Waals surface area contributed by atoms with Crippen LogP contribution in [0.3, 0.4) is 0 Å². The van der Waals surface area contributed by atoms with Gasteiger partial charge in [-0.1, -0.05) is 27.7 Å². The van der Waals surface area contributed by atoms with Crippen molar-refractivity contribution >= 4 is 60.3 Å². The Labute approximate surface area is 133 Å². The van der Waals surface area contributed by atoms with Crippen LogP contribution in [0.25, 0.3) is 0 Å². The van der Waals surface area contributed by atoms with Crippen molar-refractivity contribution in [3.8, 4) is 0 Å². The first kappa shape index (κ1) is 15.1. The van der Waals surface area contributed by atoms with Crippen molar-refractivity contribution in [2.45, 2.75) is 13.3 Å². The molecule has 0 bridgehead atoms. The van der Waals surface area contributed by atoms with E-state index in [2.05, 4.69) is 31.9 Å². The Hall–Kier alpha value is -0.330. The number of carbonyl (C=O) groups excluding carboxylic acids is 2. The van der Waals surface area contributed by atoms with Gasteiger partial charge in [-0.15, -0.1) is 0 Å². The maximum atomic E-state index is 12.1. The summed E-state index contributed by atoms with van der Waals surface area (Å²) >= 11 is 8.18. The Kier molecular flexibility index (Phi) is 5.09. The molecule has 0 spiro atoms. The van der Waals surface area contributed by atoms with Gasteiger partial charge in [0.05, 0.1) is 5.69 Å². The number of anilines is 1. The Morgan fingerprint density at radius 1 is 1.47 bits per heavy atom. The molecule has 0 radical (unpaired) electrons. The number of thioether (sulfide) groups is 1. The molecule has 1 fully saturated rings. The third-order valence-electron chi connectivity index (χ3n) is 2.93. The summed E-state index contributed by atoms with van der Waals surface area (Å²) in [5.74, 6) is 1.08. The van der Waals surface area contributed by atoms with Gasteiger partial charge in [-0.2, -0.15) is 0 Å². The minimum Gasteiger partial charge on any atom is -0.311 e. The monoisotopic (exact) mass is 405 g/mol. The number of halogens is 2. The fraction of sp³-hybridized carbons (Fsp3) is 0.385. The fourth-order valence-electron chi connectivity index (χ4n) is 2.06. The van der Waals surface area contributed by atoms with Crippen LogP contribution < -0.4 is 4.90 Å². The number of hydrogen-bond donors (Lipinski definition) is 0. The molecule has 0 saturated carbocycles. The van der Waals surface area contributed by atoms with Crippen molar-refractivity contribution in [2.24, 2.45) is 5.92 Å². The Bertz CT molecular complexity index is 521. The number of amides is 1. The summed E-state index contributed by atoms with van der Waals surface area (Å²) < 4.78 is 1.87. The molecule has 102 valence electrons. The first-order valence-electron chi connectivity index (χ1n) is 5.86. The van der Waals surface area contributed by atoms with Gasteiger partial charge in [-0.05, 0) is 40.0 Å². The molecule has 1 aromatic rings. The molecule has 0 aromatic heterocycles. The summed E-state index contributed by atoms with van der Waals surface area (Å²) in [6.45, 7) is 2.24. The van der Waals surface area contributed by atoms with E-state index in [9.17, 15) is 9.59 Å². The molecule has 19 heavy (non-hydrogen) atoms. The highest BCUT2D eigenvalue weighted by molar-refractivity contribution is 9.11. The standard InChI is InChI=1S/C13H13Br2NO2S/c1-8(17)19-7-9-4-13(18)16(6-9)12-3-2-10(14)5-11(12)15/h2-3,5,9H,4,6-7H2,1H3. The number of rotatable bonds is 3. The second-order valence-electron chi connectivity index (χ2n) is 4.47. The first-order valence-corrected chi connectivity index (χ1v) is 8.43. The summed E-state index contributed by atoms with van der Waals surface area (Å²) in [6.07, 6.45) is 0.517. The van der Waals surface area contributed by atoms with Crippen LogP contribution in [-0.2, 0) is 9.59 Å². The quantitative estimate of drug-likeness (QED) is 0.765. The Morgan fingerprint density at radius 3 is 2.84 bits per heavy atom. The number of hydrogen-bond acceptors (Lipinski definition) is 3. The van der Waals surface area contributed by atoms with E-state index in [1.807, 2.05) is 18.2 Å². The van der Waals surface area contributed by atoms with Crippen molar-refractivity contribution in [1.29, 1.82) is 0 Å². The van der Waals surface area contributed by atoms with Gasteiger partial charge in [0.1, 0.15) is 0 Å². The average molecular weight is 407 g/mol. The van der Waals surface area contributed by atoms with E-state index in [1.54, 1.807) is 11.8 Å². The van der Waals surface area contributed by atoms with Crippen LogP contribution in [-0.4, -0.2) is 23.3 Å². The topological polar surface area (TPSA) is 37.4 Å². The minimum absolute atomic E-state index is 0.107. The Balaban J connectivity index is 2.09. The molecular formula is C13H13Br2NO2S. The summed E-state index contributed by atoms with van der Waals surface area (Å²) in [7, 11) is 0. The molecule has 1 heterocycles. The van der Waals surface area contributed by atoms with Gasteiger partial charge in [-0.25, -0.2) is 0 Å². The van der Waals surface area contributed by atoms with Crippen molar-refractivity contribution in [1.82, 2.24) is 0 Å². The molecule has 1 saturated heterocycles. The third kappa shape index (κ3) is 3.83. The van der Waals surface area contributed by atoms with Gasteiger partial charge < -0.3 is 4.90 Å². The number of nitrogens with zero attached hydrogens (tertiary/aromatic N) is 1. The largest absolute Gasteiger partial charge is 0.311 e. The lowest BCUT2D eigenvalue weighted by Gasteiger charge is -2.18. The van der Waals surface area contributed by atoms with Crippen LogP contribution in [0.1, 0.15) is 13.3 Å². The molecule has 1 aliphatic heterocycles. The van der Waals surface area contributed by atoms with Gasteiger partial charge >= 0.3 is 0 Å². The molecule has 0 N–H and O–H groups in total. The molecule has 2 rings (SSSR count). The van der Waals surface area contributed by atoms with E-state index in [0.717, 1.165) is 14.6 Å². The molecule has 3 nitrogen and oxygen atoms in total. The zero-order valence-electron chi connectivity index (χ0n) is 10.4. The lowest BCUT2D eigenvalue weighted by atomic mass is 10.1. The number of benzene rings is 1. The predicted octanol–water partition coefficient (Wildman–Crippen LogP) is 3.84. The van der Waals surface area contributed by atoms with Crippen molar-refractivity contribution in [2.75, 3.05) is 17.2 Å². The van der Waals surface area contributed by atoms with E-state index >= 15 is 0 Å². The van der Waals surface area contributed by atoms with E-state index in [0.29, 0.717) is 18.7 Å². The van der Waals surface area contributed by atoms with Crippen LogP contribution in [0, 0.1) is 5.92 Å². The molecule has 1 aromatic carbocycles. The molecule has 1 unspecified atom stereocenters. The van der Waals surface area contributed by atoms with E-state index in [4.69, 9.17) is 0 Å². The molecule has 1 aliphatic rings. The van der Waals surface area contributed by atoms with Crippen LogP contribution in [0.5, 0.6) is 0 Å². The second-order valence-corrected chi connectivity index (χ2v) is 7.44. The highest BCUT2D eigenvalue weighted by Gasteiger charge is 2.31. The summed E-state index contributed by atoms with van der Waals surface area (Å²) in [4.78, 5) is 24.8. The lowest BCUT2D eigenvalue weighted by molar-refractivity contribution is -0.117. The summed E-state index contributed by atoms with van der Waals surface area (Å²) in [6, 6.07) is 5.78. The maximum absolute atomic E-state index is 12.1. The average Bonchev–Trinajstić information content (AvgIpc) is 2.68. The van der Waals surface area contributed by atoms with Crippen molar-refractivity contribution in [3.63, 3.8) is 0 Å². The first-order chi connectivity index (χ1) is 8.97. The molecular weight excluding hydrogens is 394 g/mol. The lowest BCUT2D eigenvalue weighted by Crippen LogP contribution is -2.25. The van der Waals surface area contributed by atoms with Gasteiger partial charge in [0.2, 0.25) is 5.91 Å². The zero-order valence-corrected chi connectivity index (χ0v) is 14.3. The van der Waals surface area contributed by atoms with Crippen LogP contribution in [0.4, 0.5) is 5.69 Å². The normalized spacial score (nSPS) is 19.0. The highest BCUT2D eigenvalue weighted by atomic mass is 79.9. The van der Waals surface area contributed by atoms with Gasteiger partial charge in [-0.3, -0.25) is 9.59 Å². The maximum Gasteiger partial charge on any atom is 0.227 e. The van der Waals surface area contributed by atoms with E-state index < -0.39 is 0 Å². The minimum atomic E-state index is 0.107. The van der Waals surface area contributed by atoms with Crippen molar-refractivity contribution < 1.29 is 9.59 Å². The molecule has 0 aliphatic carbocycles. The summed E-state index contributed by atoms with van der Waals surface area (Å²) in [5.41, 5.74) is 0.892. The van der Waals surface area contributed by atoms with Gasteiger partial charge in [0.15, 0.2) is 5.12 Å². The highest BCUT2D eigenvalue weighted by Crippen LogP contribution is 2.34.